The first-order chi connectivity index (χ1) is 7.38. The second-order valence-corrected chi connectivity index (χ2v) is 4.76. The van der Waals surface area contributed by atoms with Gasteiger partial charge in [-0.15, -0.1) is 0 Å². The van der Waals surface area contributed by atoms with Crippen LogP contribution in [-0.4, -0.2) is 35.7 Å². The zero-order valence-corrected chi connectivity index (χ0v) is 10.2. The van der Waals surface area contributed by atoms with Crippen LogP contribution in [0.2, 0.25) is 0 Å². The van der Waals surface area contributed by atoms with Crippen molar-refractivity contribution in [3.63, 3.8) is 0 Å². The number of likely N-dealkylation sites (tertiary alicyclic amines) is 1. The molecule has 1 aliphatic heterocycles. The molecule has 1 unspecified atom stereocenters. The van der Waals surface area contributed by atoms with Crippen LogP contribution < -0.4 is 0 Å². The lowest BCUT2D eigenvalue weighted by molar-refractivity contribution is 0.136. The highest BCUT2D eigenvalue weighted by molar-refractivity contribution is 4.76. The quantitative estimate of drug-likeness (QED) is 0.657. The minimum absolute atomic E-state index is 0.360. The van der Waals surface area contributed by atoms with Gasteiger partial charge in [0.2, 0.25) is 0 Å². The summed E-state index contributed by atoms with van der Waals surface area (Å²) in [6.07, 6.45) is 10.3. The maximum Gasteiger partial charge on any atom is 0.0431 e. The number of hydrogen-bond donors (Lipinski definition) is 1. The summed E-state index contributed by atoms with van der Waals surface area (Å²) in [5, 5.41) is 8.73. The van der Waals surface area contributed by atoms with Gasteiger partial charge in [0, 0.05) is 12.6 Å². The molecular weight excluding hydrogens is 186 g/mol. The molecule has 1 fully saturated rings. The summed E-state index contributed by atoms with van der Waals surface area (Å²) >= 11 is 0. The van der Waals surface area contributed by atoms with Gasteiger partial charge in [-0.1, -0.05) is 19.8 Å². The Morgan fingerprint density at radius 2 is 2.07 bits per heavy atom. The first-order valence-corrected chi connectivity index (χ1v) is 6.73. The largest absolute Gasteiger partial charge is 0.396 e. The molecule has 0 aliphatic carbocycles. The van der Waals surface area contributed by atoms with E-state index in [0.29, 0.717) is 6.61 Å². The fraction of sp³-hybridized carbons (Fsp3) is 1.00. The second-order valence-electron chi connectivity index (χ2n) is 4.76. The molecular formula is C13H27NO. The molecule has 0 aromatic heterocycles. The Morgan fingerprint density at radius 3 is 2.80 bits per heavy atom. The lowest BCUT2D eigenvalue weighted by atomic mass is 9.98. The van der Waals surface area contributed by atoms with Crippen LogP contribution in [0, 0.1) is 0 Å². The summed E-state index contributed by atoms with van der Waals surface area (Å²) in [5.74, 6) is 0. The molecule has 2 nitrogen and oxygen atoms in total. The van der Waals surface area contributed by atoms with E-state index >= 15 is 0 Å². The molecule has 1 N–H and O–H groups in total. The number of nitrogens with zero attached hydrogens (tertiary/aromatic N) is 1. The van der Waals surface area contributed by atoms with Gasteiger partial charge in [-0.05, 0) is 51.6 Å². The predicted octanol–water partition coefficient (Wildman–Crippen LogP) is 2.80. The molecule has 0 radical (unpaired) electrons. The average molecular weight is 213 g/mol. The fourth-order valence-electron chi connectivity index (χ4n) is 2.62. The van der Waals surface area contributed by atoms with Crippen LogP contribution >= 0.6 is 0 Å². The maximum atomic E-state index is 8.73. The Morgan fingerprint density at radius 1 is 1.20 bits per heavy atom. The molecule has 2 heteroatoms. The van der Waals surface area contributed by atoms with E-state index in [4.69, 9.17) is 5.11 Å². The van der Waals surface area contributed by atoms with E-state index in [1.807, 2.05) is 0 Å². The van der Waals surface area contributed by atoms with Gasteiger partial charge in [0.1, 0.15) is 0 Å². The summed E-state index contributed by atoms with van der Waals surface area (Å²) in [6.45, 7) is 5.21. The van der Waals surface area contributed by atoms with Crippen LogP contribution in [0.3, 0.4) is 0 Å². The Bertz CT molecular complexity index is 147. The second kappa shape index (κ2) is 8.12. The minimum atomic E-state index is 0.360. The molecule has 0 spiro atoms. The van der Waals surface area contributed by atoms with E-state index in [-0.39, 0.29) is 0 Å². The van der Waals surface area contributed by atoms with Crippen LogP contribution in [0.5, 0.6) is 0 Å². The van der Waals surface area contributed by atoms with Gasteiger partial charge in [0.25, 0.3) is 0 Å². The Hall–Kier alpha value is -0.0800. The third-order valence-corrected chi connectivity index (χ3v) is 3.47. The van der Waals surface area contributed by atoms with Crippen molar-refractivity contribution in [2.45, 2.75) is 64.3 Å². The molecule has 1 saturated heterocycles. The molecule has 15 heavy (non-hydrogen) atoms. The van der Waals surface area contributed by atoms with Crippen LogP contribution in [0.4, 0.5) is 0 Å². The zero-order valence-electron chi connectivity index (χ0n) is 10.2. The fourth-order valence-corrected chi connectivity index (χ4v) is 2.62. The lowest BCUT2D eigenvalue weighted by Crippen LogP contribution is -2.39. The smallest absolute Gasteiger partial charge is 0.0431 e. The van der Waals surface area contributed by atoms with Gasteiger partial charge in [-0.25, -0.2) is 0 Å². The van der Waals surface area contributed by atoms with Gasteiger partial charge in [-0.3, -0.25) is 0 Å². The molecule has 1 heterocycles. The van der Waals surface area contributed by atoms with Gasteiger partial charge < -0.3 is 10.0 Å². The van der Waals surface area contributed by atoms with Crippen LogP contribution in [0.15, 0.2) is 0 Å². The van der Waals surface area contributed by atoms with Crippen molar-refractivity contribution in [3.05, 3.63) is 0 Å². The van der Waals surface area contributed by atoms with Crippen molar-refractivity contribution in [3.8, 4) is 0 Å². The molecule has 0 aromatic rings. The molecule has 0 amide bonds. The minimum Gasteiger partial charge on any atom is -0.396 e. The van der Waals surface area contributed by atoms with E-state index in [9.17, 15) is 0 Å². The Kier molecular flexibility index (Phi) is 7.03. The van der Waals surface area contributed by atoms with Gasteiger partial charge >= 0.3 is 0 Å². The summed E-state index contributed by atoms with van der Waals surface area (Å²) in [6, 6.07) is 0.859. The van der Waals surface area contributed by atoms with Crippen molar-refractivity contribution in [1.29, 1.82) is 0 Å². The number of aliphatic hydroxyl groups excluding tert-OH is 1. The van der Waals surface area contributed by atoms with Crippen molar-refractivity contribution in [2.75, 3.05) is 19.7 Å². The van der Waals surface area contributed by atoms with E-state index in [1.165, 1.54) is 58.0 Å². The number of hydrogen-bond acceptors (Lipinski definition) is 2. The predicted molar refractivity (Wildman–Crippen MR) is 65.1 cm³/mol. The van der Waals surface area contributed by atoms with Crippen LogP contribution in [0.1, 0.15) is 58.3 Å². The number of rotatable bonds is 7. The first-order valence-electron chi connectivity index (χ1n) is 6.73. The molecule has 1 rings (SSSR count). The third-order valence-electron chi connectivity index (χ3n) is 3.47. The molecule has 0 aromatic carbocycles. The first kappa shape index (κ1) is 13.0. The summed E-state index contributed by atoms with van der Waals surface area (Å²) in [4.78, 5) is 2.68. The molecule has 0 bridgehead atoms. The molecule has 90 valence electrons. The highest BCUT2D eigenvalue weighted by Gasteiger charge is 2.20. The molecule has 1 aliphatic rings. The van der Waals surface area contributed by atoms with Crippen molar-refractivity contribution in [2.24, 2.45) is 0 Å². The van der Waals surface area contributed by atoms with Crippen LogP contribution in [0.25, 0.3) is 0 Å². The van der Waals surface area contributed by atoms with Crippen LogP contribution in [-0.2, 0) is 0 Å². The lowest BCUT2D eigenvalue weighted by Gasteiger charge is -2.35. The maximum absolute atomic E-state index is 8.73. The summed E-state index contributed by atoms with van der Waals surface area (Å²) < 4.78 is 0. The highest BCUT2D eigenvalue weighted by Crippen LogP contribution is 2.21. The normalized spacial score (nSPS) is 23.2. The SMILES string of the molecule is CCCC1CCCCN1CCCCCO. The Labute approximate surface area is 94.7 Å². The van der Waals surface area contributed by atoms with Crippen molar-refractivity contribution in [1.82, 2.24) is 4.90 Å². The van der Waals surface area contributed by atoms with E-state index in [1.54, 1.807) is 0 Å². The zero-order chi connectivity index (χ0) is 10.9. The van der Waals surface area contributed by atoms with Gasteiger partial charge in [0.15, 0.2) is 0 Å². The number of unbranched alkanes of at least 4 members (excludes halogenated alkanes) is 2. The Balaban J connectivity index is 2.17. The summed E-state index contributed by atoms with van der Waals surface area (Å²) in [5.41, 5.74) is 0. The topological polar surface area (TPSA) is 23.5 Å². The van der Waals surface area contributed by atoms with Crippen molar-refractivity contribution >= 4 is 0 Å². The monoisotopic (exact) mass is 213 g/mol. The van der Waals surface area contributed by atoms with Gasteiger partial charge in [-0.2, -0.15) is 0 Å². The third kappa shape index (κ3) is 4.98. The number of aliphatic hydroxyl groups is 1. The van der Waals surface area contributed by atoms with Gasteiger partial charge in [0.05, 0.1) is 0 Å². The molecule has 0 saturated carbocycles. The van der Waals surface area contributed by atoms with E-state index in [2.05, 4.69) is 11.8 Å². The highest BCUT2D eigenvalue weighted by atomic mass is 16.2. The molecule has 1 atom stereocenters. The standard InChI is InChI=1S/C13H27NO/c1-2-8-13-9-4-6-11-14(13)10-5-3-7-12-15/h13,15H,2-12H2,1H3. The van der Waals surface area contributed by atoms with E-state index < -0.39 is 0 Å². The van der Waals surface area contributed by atoms with E-state index in [0.717, 1.165) is 12.5 Å². The average Bonchev–Trinajstić information content (AvgIpc) is 2.27. The number of piperidine rings is 1. The van der Waals surface area contributed by atoms with Crippen molar-refractivity contribution < 1.29 is 5.11 Å². The summed E-state index contributed by atoms with van der Waals surface area (Å²) in [7, 11) is 0.